The van der Waals surface area contributed by atoms with E-state index in [-0.39, 0.29) is 0 Å². The number of rotatable bonds is 5. The van der Waals surface area contributed by atoms with Crippen molar-refractivity contribution in [1.82, 2.24) is 5.32 Å². The molecule has 0 bridgehead atoms. The van der Waals surface area contributed by atoms with Crippen LogP contribution in [0.4, 0.5) is 5.69 Å². The van der Waals surface area contributed by atoms with Crippen molar-refractivity contribution < 1.29 is 4.74 Å². The van der Waals surface area contributed by atoms with Gasteiger partial charge < -0.3 is 15.4 Å². The largest absolute Gasteiger partial charge is 0.489 e. The zero-order chi connectivity index (χ0) is 12.4. The molecular weight excluding hydrogens is 224 g/mol. The number of hydrogen-bond acceptors (Lipinski definition) is 3. The topological polar surface area (TPSA) is 33.3 Å². The summed E-state index contributed by atoms with van der Waals surface area (Å²) in [4.78, 5) is 0. The fourth-order valence-electron chi connectivity index (χ4n) is 2.67. The third-order valence-corrected chi connectivity index (χ3v) is 4.28. The summed E-state index contributed by atoms with van der Waals surface area (Å²) >= 11 is 0. The summed E-state index contributed by atoms with van der Waals surface area (Å²) in [5.41, 5.74) is 3.01. The molecule has 1 aromatic rings. The molecule has 3 nitrogen and oxygen atoms in total. The predicted molar refractivity (Wildman–Crippen MR) is 74.1 cm³/mol. The third-order valence-electron chi connectivity index (χ3n) is 4.28. The summed E-state index contributed by atoms with van der Waals surface area (Å²) in [6, 6.07) is 6.35. The van der Waals surface area contributed by atoms with E-state index in [1.54, 1.807) is 0 Å². The van der Waals surface area contributed by atoms with Gasteiger partial charge in [-0.05, 0) is 30.7 Å². The molecular formula is C15H22N2O. The van der Waals surface area contributed by atoms with E-state index in [0.717, 1.165) is 37.7 Å². The molecule has 1 saturated carbocycles. The number of hydrogen-bond donors (Lipinski definition) is 2. The van der Waals surface area contributed by atoms with Crippen LogP contribution in [0.5, 0.6) is 5.75 Å². The van der Waals surface area contributed by atoms with Crippen LogP contribution in [-0.4, -0.2) is 19.7 Å². The number of ether oxygens (including phenoxy) is 1. The molecule has 2 aliphatic rings. The van der Waals surface area contributed by atoms with Gasteiger partial charge in [-0.3, -0.25) is 0 Å². The Labute approximate surface area is 109 Å². The van der Waals surface area contributed by atoms with Crippen LogP contribution in [0.25, 0.3) is 0 Å². The van der Waals surface area contributed by atoms with Gasteiger partial charge in [0, 0.05) is 25.2 Å². The first-order valence-corrected chi connectivity index (χ1v) is 7.02. The maximum atomic E-state index is 5.78. The fourth-order valence-corrected chi connectivity index (χ4v) is 2.67. The Bertz CT molecular complexity index is 427. The highest BCUT2D eigenvalue weighted by molar-refractivity contribution is 5.61. The summed E-state index contributed by atoms with van der Waals surface area (Å²) in [6.45, 7) is 6.02. The SMILES string of the molecule is CCC1(CNCc2cccc3c2OCCN3)CC1. The van der Waals surface area contributed by atoms with Gasteiger partial charge in [0.25, 0.3) is 0 Å². The van der Waals surface area contributed by atoms with Crippen LogP contribution in [0, 0.1) is 5.41 Å². The Morgan fingerprint density at radius 1 is 1.39 bits per heavy atom. The van der Waals surface area contributed by atoms with Gasteiger partial charge in [0.2, 0.25) is 0 Å². The normalized spacial score (nSPS) is 19.6. The lowest BCUT2D eigenvalue weighted by atomic mass is 10.0. The van der Waals surface area contributed by atoms with Crippen LogP contribution in [0.15, 0.2) is 18.2 Å². The van der Waals surface area contributed by atoms with E-state index in [4.69, 9.17) is 4.74 Å². The zero-order valence-electron chi connectivity index (χ0n) is 11.1. The summed E-state index contributed by atoms with van der Waals surface area (Å²) in [5, 5.41) is 6.98. The third kappa shape index (κ3) is 2.32. The molecule has 3 heteroatoms. The minimum atomic E-state index is 0.605. The van der Waals surface area contributed by atoms with E-state index >= 15 is 0 Å². The number of anilines is 1. The lowest BCUT2D eigenvalue weighted by molar-refractivity contribution is 0.318. The van der Waals surface area contributed by atoms with E-state index in [1.807, 2.05) is 0 Å². The second kappa shape index (κ2) is 4.81. The van der Waals surface area contributed by atoms with Gasteiger partial charge in [-0.25, -0.2) is 0 Å². The molecule has 0 atom stereocenters. The summed E-state index contributed by atoms with van der Waals surface area (Å²) in [7, 11) is 0. The van der Waals surface area contributed by atoms with Crippen LogP contribution >= 0.6 is 0 Å². The van der Waals surface area contributed by atoms with Gasteiger partial charge in [-0.1, -0.05) is 19.1 Å². The maximum absolute atomic E-state index is 5.78. The highest BCUT2D eigenvalue weighted by Crippen LogP contribution is 2.47. The minimum absolute atomic E-state index is 0.605. The molecule has 18 heavy (non-hydrogen) atoms. The average Bonchev–Trinajstić information content (AvgIpc) is 3.20. The standard InChI is InChI=1S/C15H22N2O/c1-2-15(6-7-15)11-16-10-12-4-3-5-13-14(12)18-9-8-17-13/h3-5,16-17H,2,6-11H2,1H3. The van der Waals surface area contributed by atoms with E-state index in [2.05, 4.69) is 35.8 Å². The second-order valence-corrected chi connectivity index (χ2v) is 5.53. The number of nitrogens with one attached hydrogen (secondary N) is 2. The molecule has 1 aromatic carbocycles. The van der Waals surface area contributed by atoms with E-state index in [0.29, 0.717) is 5.41 Å². The van der Waals surface area contributed by atoms with Gasteiger partial charge in [-0.15, -0.1) is 0 Å². The van der Waals surface area contributed by atoms with Gasteiger partial charge in [0.15, 0.2) is 0 Å². The number of benzene rings is 1. The van der Waals surface area contributed by atoms with Crippen molar-refractivity contribution in [1.29, 1.82) is 0 Å². The van der Waals surface area contributed by atoms with Gasteiger partial charge in [0.1, 0.15) is 12.4 Å². The highest BCUT2D eigenvalue weighted by atomic mass is 16.5. The van der Waals surface area contributed by atoms with Crippen molar-refractivity contribution >= 4 is 5.69 Å². The van der Waals surface area contributed by atoms with E-state index < -0.39 is 0 Å². The van der Waals surface area contributed by atoms with Crippen molar-refractivity contribution in [2.24, 2.45) is 5.41 Å². The monoisotopic (exact) mass is 246 g/mol. The summed E-state index contributed by atoms with van der Waals surface area (Å²) in [6.07, 6.45) is 4.08. The van der Waals surface area contributed by atoms with Crippen molar-refractivity contribution in [3.8, 4) is 5.75 Å². The van der Waals surface area contributed by atoms with Crippen LogP contribution in [-0.2, 0) is 6.54 Å². The second-order valence-electron chi connectivity index (χ2n) is 5.53. The first kappa shape index (κ1) is 11.8. The smallest absolute Gasteiger partial charge is 0.146 e. The quantitative estimate of drug-likeness (QED) is 0.838. The molecule has 0 saturated heterocycles. The molecule has 3 rings (SSSR count). The van der Waals surface area contributed by atoms with E-state index in [1.165, 1.54) is 24.8 Å². The van der Waals surface area contributed by atoms with Crippen LogP contribution < -0.4 is 15.4 Å². The van der Waals surface area contributed by atoms with Crippen molar-refractivity contribution in [2.75, 3.05) is 25.0 Å². The predicted octanol–water partition coefficient (Wildman–Crippen LogP) is 2.77. The molecule has 0 spiro atoms. The Morgan fingerprint density at radius 3 is 3.06 bits per heavy atom. The highest BCUT2D eigenvalue weighted by Gasteiger charge is 2.39. The Balaban J connectivity index is 1.62. The molecule has 2 N–H and O–H groups in total. The number of fused-ring (bicyclic) bond motifs is 1. The average molecular weight is 246 g/mol. The minimum Gasteiger partial charge on any atom is -0.489 e. The van der Waals surface area contributed by atoms with Crippen LogP contribution in [0.3, 0.4) is 0 Å². The van der Waals surface area contributed by atoms with Crippen LogP contribution in [0.2, 0.25) is 0 Å². The van der Waals surface area contributed by atoms with Gasteiger partial charge >= 0.3 is 0 Å². The molecule has 0 amide bonds. The molecule has 0 aromatic heterocycles. The summed E-state index contributed by atoms with van der Waals surface area (Å²) < 4.78 is 5.78. The Kier molecular flexibility index (Phi) is 3.16. The van der Waals surface area contributed by atoms with Gasteiger partial charge in [-0.2, -0.15) is 0 Å². The first-order valence-electron chi connectivity index (χ1n) is 7.02. The molecule has 0 radical (unpaired) electrons. The Hall–Kier alpha value is -1.22. The molecule has 1 aliphatic heterocycles. The molecule has 1 fully saturated rings. The molecule has 1 aliphatic carbocycles. The van der Waals surface area contributed by atoms with Crippen molar-refractivity contribution in [3.63, 3.8) is 0 Å². The van der Waals surface area contributed by atoms with Gasteiger partial charge in [0.05, 0.1) is 5.69 Å². The molecule has 1 heterocycles. The lowest BCUT2D eigenvalue weighted by Crippen LogP contribution is -2.25. The number of para-hydroxylation sites is 1. The van der Waals surface area contributed by atoms with Crippen LogP contribution in [0.1, 0.15) is 31.7 Å². The lowest BCUT2D eigenvalue weighted by Gasteiger charge is -2.22. The fraction of sp³-hybridized carbons (Fsp3) is 0.600. The van der Waals surface area contributed by atoms with Crippen molar-refractivity contribution in [2.45, 2.75) is 32.7 Å². The first-order chi connectivity index (χ1) is 8.83. The maximum Gasteiger partial charge on any atom is 0.146 e. The Morgan fingerprint density at radius 2 is 2.28 bits per heavy atom. The molecule has 0 unspecified atom stereocenters. The van der Waals surface area contributed by atoms with Crippen molar-refractivity contribution in [3.05, 3.63) is 23.8 Å². The molecule has 98 valence electrons. The van der Waals surface area contributed by atoms with E-state index in [9.17, 15) is 0 Å². The zero-order valence-corrected chi connectivity index (χ0v) is 11.1. The summed E-state index contributed by atoms with van der Waals surface area (Å²) in [5.74, 6) is 1.04.